The molecule has 1 aliphatic rings. The van der Waals surface area contributed by atoms with Gasteiger partial charge in [-0.2, -0.15) is 0 Å². The number of aliphatic hydroxyl groups is 1. The van der Waals surface area contributed by atoms with Crippen LogP contribution in [-0.2, 0) is 0 Å². The first-order valence-electron chi connectivity index (χ1n) is 8.32. The molecule has 0 aliphatic carbocycles. The van der Waals surface area contributed by atoms with Crippen LogP contribution in [0.25, 0.3) is 5.57 Å². The highest BCUT2D eigenvalue weighted by Crippen LogP contribution is 2.34. The molecule has 0 saturated carbocycles. The number of aliphatic hydroxyl groups excluding tert-OH is 1. The number of aryl methyl sites for hydroxylation is 2. The number of anilines is 1. The van der Waals surface area contributed by atoms with Crippen molar-refractivity contribution in [3.63, 3.8) is 0 Å². The highest BCUT2D eigenvalue weighted by atomic mass is 32.1. The van der Waals surface area contributed by atoms with Crippen LogP contribution in [-0.4, -0.2) is 29.1 Å². The third-order valence-corrected chi connectivity index (χ3v) is 5.17. The zero-order valence-electron chi connectivity index (χ0n) is 15.0. The van der Waals surface area contributed by atoms with Crippen molar-refractivity contribution in [3.05, 3.63) is 45.6 Å². The Morgan fingerprint density at radius 2 is 1.96 bits per heavy atom. The highest BCUT2D eigenvalue weighted by Gasteiger charge is 2.31. The average Bonchev–Trinajstić information content (AvgIpc) is 3.04. The number of amidine groups is 1. The van der Waals surface area contributed by atoms with E-state index in [2.05, 4.69) is 18.8 Å². The zero-order chi connectivity index (χ0) is 18.1. The topological polar surface area (TPSA) is 69.4 Å². The van der Waals surface area contributed by atoms with Gasteiger partial charge in [-0.3, -0.25) is 5.41 Å². The van der Waals surface area contributed by atoms with Gasteiger partial charge in [0.25, 0.3) is 0 Å². The SMILES string of the molecule is Cc1nc(C2=C(O)CN(c3ccc(OCC(C)C)cc3)C2=N)sc1C. The number of hydrogen-bond acceptors (Lipinski definition) is 5. The van der Waals surface area contributed by atoms with Crippen LogP contribution in [0.1, 0.15) is 29.4 Å². The molecule has 0 radical (unpaired) electrons. The number of nitrogens with zero attached hydrogens (tertiary/aromatic N) is 2. The van der Waals surface area contributed by atoms with Crippen molar-refractivity contribution in [1.29, 1.82) is 5.41 Å². The predicted molar refractivity (Wildman–Crippen MR) is 103 cm³/mol. The molecule has 2 aromatic rings. The fourth-order valence-electron chi connectivity index (χ4n) is 2.59. The van der Waals surface area contributed by atoms with Crippen molar-refractivity contribution in [2.45, 2.75) is 27.7 Å². The van der Waals surface area contributed by atoms with Crippen LogP contribution in [0, 0.1) is 25.2 Å². The number of rotatable bonds is 5. The molecule has 5 nitrogen and oxygen atoms in total. The van der Waals surface area contributed by atoms with Gasteiger partial charge >= 0.3 is 0 Å². The molecule has 2 heterocycles. The van der Waals surface area contributed by atoms with Crippen LogP contribution in [0.5, 0.6) is 5.75 Å². The largest absolute Gasteiger partial charge is 0.510 e. The number of aromatic nitrogens is 1. The van der Waals surface area contributed by atoms with Gasteiger partial charge in [-0.25, -0.2) is 4.98 Å². The molecule has 6 heteroatoms. The van der Waals surface area contributed by atoms with E-state index in [-0.39, 0.29) is 18.1 Å². The summed E-state index contributed by atoms with van der Waals surface area (Å²) in [6, 6.07) is 7.63. The Balaban J connectivity index is 1.78. The Bertz CT molecular complexity index is 802. The Kier molecular flexibility index (Phi) is 4.81. The molecule has 0 fully saturated rings. The number of thiazole rings is 1. The van der Waals surface area contributed by atoms with Crippen LogP contribution >= 0.6 is 11.3 Å². The minimum absolute atomic E-state index is 0.193. The maximum Gasteiger partial charge on any atom is 0.139 e. The fraction of sp³-hybridized carbons (Fsp3) is 0.368. The maximum atomic E-state index is 10.4. The van der Waals surface area contributed by atoms with E-state index in [1.165, 1.54) is 11.3 Å². The third kappa shape index (κ3) is 3.54. The lowest BCUT2D eigenvalue weighted by molar-refractivity contribution is 0.271. The summed E-state index contributed by atoms with van der Waals surface area (Å²) in [7, 11) is 0. The first kappa shape index (κ1) is 17.5. The molecular formula is C19H23N3O2S. The summed E-state index contributed by atoms with van der Waals surface area (Å²) in [5.41, 5.74) is 2.33. The maximum absolute atomic E-state index is 10.4. The van der Waals surface area contributed by atoms with E-state index in [0.29, 0.717) is 23.1 Å². The molecule has 0 amide bonds. The zero-order valence-corrected chi connectivity index (χ0v) is 15.8. The van der Waals surface area contributed by atoms with Crippen molar-refractivity contribution in [2.75, 3.05) is 18.1 Å². The summed E-state index contributed by atoms with van der Waals surface area (Å²) in [6.07, 6.45) is 0. The number of ether oxygens (including phenoxy) is 1. The van der Waals surface area contributed by atoms with Gasteiger partial charge in [-0.1, -0.05) is 13.8 Å². The Hall–Kier alpha value is -2.34. The van der Waals surface area contributed by atoms with Crippen molar-refractivity contribution in [3.8, 4) is 5.75 Å². The van der Waals surface area contributed by atoms with Crippen molar-refractivity contribution in [1.82, 2.24) is 4.98 Å². The summed E-state index contributed by atoms with van der Waals surface area (Å²) in [5, 5.41) is 19.6. The quantitative estimate of drug-likeness (QED) is 0.823. The summed E-state index contributed by atoms with van der Waals surface area (Å²) < 4.78 is 5.70. The van der Waals surface area contributed by atoms with Crippen LogP contribution in [0.15, 0.2) is 30.0 Å². The molecular weight excluding hydrogens is 334 g/mol. The van der Waals surface area contributed by atoms with E-state index >= 15 is 0 Å². The lowest BCUT2D eigenvalue weighted by Gasteiger charge is -2.19. The standard InChI is InChI=1S/C19H23N3O2S/c1-11(2)10-24-15-7-5-14(6-8-15)22-9-16(23)17(18(22)20)19-21-12(3)13(4)25-19/h5-8,11,20,23H,9-10H2,1-4H3. The van der Waals surface area contributed by atoms with Crippen molar-refractivity contribution < 1.29 is 9.84 Å². The normalized spacial score (nSPS) is 14.8. The lowest BCUT2D eigenvalue weighted by atomic mass is 10.2. The van der Waals surface area contributed by atoms with E-state index in [1.54, 1.807) is 4.90 Å². The first-order valence-corrected chi connectivity index (χ1v) is 9.14. The van der Waals surface area contributed by atoms with Crippen LogP contribution in [0.4, 0.5) is 5.69 Å². The summed E-state index contributed by atoms with van der Waals surface area (Å²) >= 11 is 1.51. The van der Waals surface area contributed by atoms with Crippen LogP contribution < -0.4 is 9.64 Å². The van der Waals surface area contributed by atoms with E-state index in [0.717, 1.165) is 22.0 Å². The van der Waals surface area contributed by atoms with Crippen LogP contribution in [0.2, 0.25) is 0 Å². The fourth-order valence-corrected chi connectivity index (χ4v) is 3.57. The number of benzene rings is 1. The van der Waals surface area contributed by atoms with Gasteiger partial charge in [0.05, 0.1) is 24.4 Å². The van der Waals surface area contributed by atoms with Gasteiger partial charge < -0.3 is 14.7 Å². The Labute approximate surface area is 152 Å². The number of nitrogens with one attached hydrogen (secondary N) is 1. The molecule has 0 bridgehead atoms. The second-order valence-electron chi connectivity index (χ2n) is 6.62. The molecule has 0 atom stereocenters. The molecule has 1 aromatic heterocycles. The molecule has 1 aromatic carbocycles. The van der Waals surface area contributed by atoms with E-state index < -0.39 is 0 Å². The molecule has 2 N–H and O–H groups in total. The van der Waals surface area contributed by atoms with E-state index in [9.17, 15) is 5.11 Å². The number of hydrogen-bond donors (Lipinski definition) is 2. The molecule has 3 rings (SSSR count). The van der Waals surface area contributed by atoms with Gasteiger partial charge in [0, 0.05) is 10.6 Å². The summed E-state index contributed by atoms with van der Waals surface area (Å²) in [4.78, 5) is 7.37. The minimum Gasteiger partial charge on any atom is -0.510 e. The smallest absolute Gasteiger partial charge is 0.139 e. The van der Waals surface area contributed by atoms with Crippen LogP contribution in [0.3, 0.4) is 0 Å². The molecule has 0 unspecified atom stereocenters. The second-order valence-corrected chi connectivity index (χ2v) is 7.82. The summed E-state index contributed by atoms with van der Waals surface area (Å²) in [5.74, 6) is 1.76. The van der Waals surface area contributed by atoms with E-state index in [1.807, 2.05) is 38.1 Å². The molecule has 1 aliphatic heterocycles. The molecule has 0 saturated heterocycles. The third-order valence-electron chi connectivity index (χ3n) is 4.08. The van der Waals surface area contributed by atoms with Gasteiger partial charge in [-0.05, 0) is 44.0 Å². The molecule has 0 spiro atoms. The Morgan fingerprint density at radius 1 is 1.28 bits per heavy atom. The molecule has 132 valence electrons. The highest BCUT2D eigenvalue weighted by molar-refractivity contribution is 7.13. The minimum atomic E-state index is 0.193. The van der Waals surface area contributed by atoms with Crippen molar-refractivity contribution in [2.24, 2.45) is 5.92 Å². The summed E-state index contributed by atoms with van der Waals surface area (Å²) in [6.45, 7) is 9.13. The van der Waals surface area contributed by atoms with Crippen molar-refractivity contribution >= 4 is 28.4 Å². The second kappa shape index (κ2) is 6.88. The predicted octanol–water partition coefficient (Wildman–Crippen LogP) is 4.56. The monoisotopic (exact) mass is 357 g/mol. The average molecular weight is 357 g/mol. The molecule has 25 heavy (non-hydrogen) atoms. The Morgan fingerprint density at radius 3 is 2.52 bits per heavy atom. The van der Waals surface area contributed by atoms with E-state index in [4.69, 9.17) is 10.1 Å². The van der Waals surface area contributed by atoms with Gasteiger partial charge in [0.1, 0.15) is 22.4 Å². The van der Waals surface area contributed by atoms with Gasteiger partial charge in [0.2, 0.25) is 0 Å². The van der Waals surface area contributed by atoms with Gasteiger partial charge in [-0.15, -0.1) is 11.3 Å². The lowest BCUT2D eigenvalue weighted by Crippen LogP contribution is -2.25. The first-order chi connectivity index (χ1) is 11.9. The van der Waals surface area contributed by atoms with Gasteiger partial charge in [0.15, 0.2) is 0 Å².